The summed E-state index contributed by atoms with van der Waals surface area (Å²) < 4.78 is 23.9. The number of aryl methyl sites for hydroxylation is 1. The average molecular weight is 316 g/mol. The lowest BCUT2D eigenvalue weighted by atomic mass is 10.1. The highest BCUT2D eigenvalue weighted by Crippen LogP contribution is 2.29. The second-order valence-corrected chi connectivity index (χ2v) is 4.74. The molecule has 0 fully saturated rings. The number of nitrogens with zero attached hydrogens (tertiary/aromatic N) is 1. The molecule has 0 bridgehead atoms. The number of hydrogen-bond donors (Lipinski definition) is 1. The van der Waals surface area contributed by atoms with Crippen LogP contribution in [0.2, 0.25) is 0 Å². The van der Waals surface area contributed by atoms with Crippen molar-refractivity contribution in [2.24, 2.45) is 5.10 Å². The number of hydrogen-bond acceptors (Lipinski definition) is 4. The smallest absolute Gasteiger partial charge is 0.274 e. The average Bonchev–Trinajstić information content (AvgIpc) is 2.56. The number of carbonyl (C=O) groups is 1. The summed E-state index contributed by atoms with van der Waals surface area (Å²) >= 11 is 0. The summed E-state index contributed by atoms with van der Waals surface area (Å²) in [6, 6.07) is 9.26. The molecule has 2 aromatic carbocycles. The lowest BCUT2D eigenvalue weighted by Crippen LogP contribution is -2.19. The van der Waals surface area contributed by atoms with Crippen LogP contribution in [0.3, 0.4) is 0 Å². The largest absolute Gasteiger partial charge is 0.493 e. The van der Waals surface area contributed by atoms with Crippen LogP contribution in [0.1, 0.15) is 21.5 Å². The second kappa shape index (κ2) is 7.40. The molecule has 2 aromatic rings. The molecule has 1 N–H and O–H groups in total. The standard InChI is InChI=1S/C17H17FN2O3/c1-11-8-15(22-2)16(23-3)9-12(11)10-19-20-17(21)13-6-4-5-7-14(13)18/h4-10H,1-3H3,(H,20,21). The summed E-state index contributed by atoms with van der Waals surface area (Å²) in [5, 5.41) is 3.86. The number of amides is 1. The molecule has 0 aliphatic heterocycles. The van der Waals surface area contributed by atoms with Gasteiger partial charge in [-0.15, -0.1) is 0 Å². The molecule has 0 saturated heterocycles. The lowest BCUT2D eigenvalue weighted by molar-refractivity contribution is 0.0951. The fourth-order valence-corrected chi connectivity index (χ4v) is 2.00. The Kier molecular flexibility index (Phi) is 5.30. The SMILES string of the molecule is COc1cc(C)c(C=NNC(=O)c2ccccc2F)cc1OC. The summed E-state index contributed by atoms with van der Waals surface area (Å²) in [6.45, 7) is 1.88. The Morgan fingerprint density at radius 3 is 2.48 bits per heavy atom. The molecule has 0 aliphatic carbocycles. The molecule has 1 amide bonds. The number of benzene rings is 2. The first kappa shape index (κ1) is 16.5. The Labute approximate surface area is 133 Å². The van der Waals surface area contributed by atoms with E-state index in [0.29, 0.717) is 11.5 Å². The number of methoxy groups -OCH3 is 2. The van der Waals surface area contributed by atoms with Gasteiger partial charge in [0, 0.05) is 5.56 Å². The second-order valence-electron chi connectivity index (χ2n) is 4.74. The quantitative estimate of drug-likeness (QED) is 0.681. The van der Waals surface area contributed by atoms with Crippen molar-refractivity contribution in [3.63, 3.8) is 0 Å². The molecule has 23 heavy (non-hydrogen) atoms. The van der Waals surface area contributed by atoms with Crippen LogP contribution in [0.4, 0.5) is 4.39 Å². The molecular formula is C17H17FN2O3. The summed E-state index contributed by atoms with van der Waals surface area (Å²) in [6.07, 6.45) is 1.47. The zero-order chi connectivity index (χ0) is 16.8. The maximum atomic E-state index is 13.5. The number of rotatable bonds is 5. The van der Waals surface area contributed by atoms with Crippen LogP contribution in [0.15, 0.2) is 41.5 Å². The van der Waals surface area contributed by atoms with Crippen molar-refractivity contribution in [1.29, 1.82) is 0 Å². The first-order chi connectivity index (χ1) is 11.1. The van der Waals surface area contributed by atoms with Crippen LogP contribution in [0.5, 0.6) is 11.5 Å². The molecule has 0 aliphatic rings. The van der Waals surface area contributed by atoms with Gasteiger partial charge in [-0.2, -0.15) is 5.10 Å². The highest BCUT2D eigenvalue weighted by molar-refractivity contribution is 5.95. The lowest BCUT2D eigenvalue weighted by Gasteiger charge is -2.10. The zero-order valence-electron chi connectivity index (χ0n) is 13.1. The summed E-state index contributed by atoms with van der Waals surface area (Å²) in [4.78, 5) is 11.9. The van der Waals surface area contributed by atoms with E-state index in [9.17, 15) is 9.18 Å². The van der Waals surface area contributed by atoms with Gasteiger partial charge in [0.25, 0.3) is 5.91 Å². The van der Waals surface area contributed by atoms with Crippen LogP contribution in [-0.2, 0) is 0 Å². The summed E-state index contributed by atoms with van der Waals surface area (Å²) in [5.41, 5.74) is 3.88. The Hall–Kier alpha value is -2.89. The maximum Gasteiger partial charge on any atom is 0.274 e. The van der Waals surface area contributed by atoms with Crippen molar-refractivity contribution in [3.05, 3.63) is 58.9 Å². The minimum Gasteiger partial charge on any atom is -0.493 e. The van der Waals surface area contributed by atoms with Gasteiger partial charge in [0.1, 0.15) is 5.82 Å². The van der Waals surface area contributed by atoms with Gasteiger partial charge in [0.2, 0.25) is 0 Å². The Bertz CT molecular complexity index is 745. The normalized spacial score (nSPS) is 10.6. The van der Waals surface area contributed by atoms with Crippen molar-refractivity contribution in [2.75, 3.05) is 14.2 Å². The number of nitrogens with one attached hydrogen (secondary N) is 1. The highest BCUT2D eigenvalue weighted by Gasteiger charge is 2.10. The molecule has 0 spiro atoms. The van der Waals surface area contributed by atoms with Gasteiger partial charge in [0.05, 0.1) is 26.0 Å². The maximum absolute atomic E-state index is 13.5. The van der Waals surface area contributed by atoms with E-state index in [-0.39, 0.29) is 5.56 Å². The third kappa shape index (κ3) is 3.85. The van der Waals surface area contributed by atoms with E-state index in [4.69, 9.17) is 9.47 Å². The van der Waals surface area contributed by atoms with Crippen LogP contribution in [0, 0.1) is 12.7 Å². The predicted molar refractivity (Wildman–Crippen MR) is 85.7 cm³/mol. The van der Waals surface area contributed by atoms with Gasteiger partial charge < -0.3 is 9.47 Å². The van der Waals surface area contributed by atoms with Crippen LogP contribution < -0.4 is 14.9 Å². The topological polar surface area (TPSA) is 59.9 Å². The summed E-state index contributed by atoms with van der Waals surface area (Å²) in [7, 11) is 3.09. The third-order valence-electron chi connectivity index (χ3n) is 3.26. The van der Waals surface area contributed by atoms with Crippen molar-refractivity contribution in [1.82, 2.24) is 5.43 Å². The molecule has 0 saturated carbocycles. The highest BCUT2D eigenvalue weighted by atomic mass is 19.1. The predicted octanol–water partition coefficient (Wildman–Crippen LogP) is 2.92. The van der Waals surface area contributed by atoms with Gasteiger partial charge in [-0.25, -0.2) is 9.82 Å². The van der Waals surface area contributed by atoms with Gasteiger partial charge in [-0.1, -0.05) is 12.1 Å². The Morgan fingerprint density at radius 2 is 1.83 bits per heavy atom. The van der Waals surface area contributed by atoms with E-state index in [1.54, 1.807) is 25.3 Å². The summed E-state index contributed by atoms with van der Waals surface area (Å²) in [5.74, 6) is -0.0440. The zero-order valence-corrected chi connectivity index (χ0v) is 13.1. The fraction of sp³-hybridized carbons (Fsp3) is 0.176. The van der Waals surface area contributed by atoms with Crippen LogP contribution in [-0.4, -0.2) is 26.3 Å². The minimum absolute atomic E-state index is 0.0614. The molecule has 120 valence electrons. The molecule has 5 nitrogen and oxygen atoms in total. The van der Waals surface area contributed by atoms with E-state index in [0.717, 1.165) is 11.1 Å². The van der Waals surface area contributed by atoms with Gasteiger partial charge in [-0.3, -0.25) is 4.79 Å². The van der Waals surface area contributed by atoms with Gasteiger partial charge in [-0.05, 0) is 36.8 Å². The monoisotopic (exact) mass is 316 g/mol. The van der Waals surface area contributed by atoms with Gasteiger partial charge >= 0.3 is 0 Å². The first-order valence-corrected chi connectivity index (χ1v) is 6.87. The van der Waals surface area contributed by atoms with Crippen LogP contribution >= 0.6 is 0 Å². The van der Waals surface area contributed by atoms with E-state index in [2.05, 4.69) is 10.5 Å². The van der Waals surface area contributed by atoms with Crippen molar-refractivity contribution in [2.45, 2.75) is 6.92 Å². The molecule has 0 atom stereocenters. The van der Waals surface area contributed by atoms with Crippen molar-refractivity contribution in [3.8, 4) is 11.5 Å². The Morgan fingerprint density at radius 1 is 1.17 bits per heavy atom. The molecule has 0 heterocycles. The number of hydrazone groups is 1. The van der Waals surface area contributed by atoms with E-state index in [1.807, 2.05) is 6.92 Å². The number of ether oxygens (including phenoxy) is 2. The van der Waals surface area contributed by atoms with Crippen molar-refractivity contribution < 1.29 is 18.7 Å². The van der Waals surface area contributed by atoms with E-state index >= 15 is 0 Å². The molecule has 0 aromatic heterocycles. The first-order valence-electron chi connectivity index (χ1n) is 6.87. The van der Waals surface area contributed by atoms with Crippen LogP contribution in [0.25, 0.3) is 0 Å². The molecule has 0 unspecified atom stereocenters. The molecule has 6 heteroatoms. The molecular weight excluding hydrogens is 299 g/mol. The number of carbonyl (C=O) groups excluding carboxylic acids is 1. The van der Waals surface area contributed by atoms with Crippen molar-refractivity contribution >= 4 is 12.1 Å². The fourth-order valence-electron chi connectivity index (χ4n) is 2.00. The third-order valence-corrected chi connectivity index (χ3v) is 3.26. The van der Waals surface area contributed by atoms with E-state index in [1.165, 1.54) is 31.5 Å². The minimum atomic E-state index is -0.613. The molecule has 0 radical (unpaired) electrons. The van der Waals surface area contributed by atoms with Gasteiger partial charge in [0.15, 0.2) is 11.5 Å². The Balaban J connectivity index is 2.15. The molecule has 2 rings (SSSR count). The van der Waals surface area contributed by atoms with E-state index < -0.39 is 11.7 Å². The number of halogens is 1.